The minimum Gasteiger partial charge on any atom is -0.269 e. The summed E-state index contributed by atoms with van der Waals surface area (Å²) in [6.07, 6.45) is 9.93. The standard InChI is InChI=1S/C9H13.Zr/c1-3-8(2)9-6-4-5-7-9;/h4,6,8H,3,5H2,1-2H3;/q-1;. The minimum absolute atomic E-state index is 0. The molecule has 1 atom stereocenters. The van der Waals surface area contributed by atoms with Gasteiger partial charge in [-0.3, -0.25) is 6.08 Å². The summed E-state index contributed by atoms with van der Waals surface area (Å²) in [7, 11) is 0. The van der Waals surface area contributed by atoms with E-state index < -0.39 is 0 Å². The van der Waals surface area contributed by atoms with E-state index in [1.165, 1.54) is 12.0 Å². The van der Waals surface area contributed by atoms with Gasteiger partial charge in [-0.2, -0.15) is 6.08 Å². The first-order valence-electron chi connectivity index (χ1n) is 3.62. The third kappa shape index (κ3) is 2.54. The fraction of sp³-hybridized carbons (Fsp3) is 0.556. The van der Waals surface area contributed by atoms with Gasteiger partial charge in [0.25, 0.3) is 0 Å². The molecule has 0 spiro atoms. The zero-order chi connectivity index (χ0) is 6.69. The zero-order valence-electron chi connectivity index (χ0n) is 6.65. The number of rotatable bonds is 2. The van der Waals surface area contributed by atoms with Gasteiger partial charge in [-0.25, -0.2) is 11.6 Å². The predicted octanol–water partition coefficient (Wildman–Crippen LogP) is 2.72. The Kier molecular flexibility index (Phi) is 5.26. The van der Waals surface area contributed by atoms with Gasteiger partial charge in [0, 0.05) is 26.2 Å². The quantitative estimate of drug-likeness (QED) is 0.618. The molecule has 0 nitrogen and oxygen atoms in total. The molecule has 54 valence electrons. The Bertz CT molecular complexity index is 145. The SMILES string of the molecule is CCC(C)C1=[C-]CC=C1.[Zr]. The molecule has 0 radical (unpaired) electrons. The van der Waals surface area contributed by atoms with Crippen LogP contribution >= 0.6 is 0 Å². The summed E-state index contributed by atoms with van der Waals surface area (Å²) in [6, 6.07) is 0. The molecule has 0 aromatic carbocycles. The van der Waals surface area contributed by atoms with Crippen LogP contribution in [0.2, 0.25) is 0 Å². The van der Waals surface area contributed by atoms with Crippen LogP contribution in [0.25, 0.3) is 0 Å². The summed E-state index contributed by atoms with van der Waals surface area (Å²) in [5, 5.41) is 0. The van der Waals surface area contributed by atoms with Crippen LogP contribution in [0.15, 0.2) is 17.7 Å². The molecule has 0 amide bonds. The average Bonchev–Trinajstić information content (AvgIpc) is 2.37. The largest absolute Gasteiger partial charge is 0.269 e. The van der Waals surface area contributed by atoms with Gasteiger partial charge in [0.2, 0.25) is 0 Å². The Labute approximate surface area is 82.5 Å². The molecular formula is C9H13Zr-. The summed E-state index contributed by atoms with van der Waals surface area (Å²) in [4.78, 5) is 0. The Morgan fingerprint density at radius 3 is 2.80 bits per heavy atom. The summed E-state index contributed by atoms with van der Waals surface area (Å²) >= 11 is 0. The smallest absolute Gasteiger partial charge is 0 e. The van der Waals surface area contributed by atoms with Crippen LogP contribution in [0.5, 0.6) is 0 Å². The molecule has 0 fully saturated rings. The molecule has 0 bridgehead atoms. The van der Waals surface area contributed by atoms with Crippen molar-refractivity contribution in [3.63, 3.8) is 0 Å². The topological polar surface area (TPSA) is 0 Å². The molecule has 0 aromatic rings. The van der Waals surface area contributed by atoms with Crippen molar-refractivity contribution in [3.8, 4) is 0 Å². The van der Waals surface area contributed by atoms with Gasteiger partial charge in [-0.05, 0) is 0 Å². The molecule has 1 rings (SSSR count). The second kappa shape index (κ2) is 5.07. The van der Waals surface area contributed by atoms with Crippen LogP contribution in [0.1, 0.15) is 26.7 Å². The van der Waals surface area contributed by atoms with E-state index in [1.807, 2.05) is 0 Å². The zero-order valence-corrected chi connectivity index (χ0v) is 9.10. The fourth-order valence-corrected chi connectivity index (χ4v) is 0.980. The Morgan fingerprint density at radius 1 is 1.70 bits per heavy atom. The van der Waals surface area contributed by atoms with Crippen LogP contribution < -0.4 is 0 Å². The van der Waals surface area contributed by atoms with Crippen molar-refractivity contribution in [2.45, 2.75) is 26.7 Å². The van der Waals surface area contributed by atoms with E-state index in [2.05, 4.69) is 32.1 Å². The summed E-state index contributed by atoms with van der Waals surface area (Å²) in [5.74, 6) is 0.712. The van der Waals surface area contributed by atoms with Crippen molar-refractivity contribution >= 4 is 0 Å². The first kappa shape index (κ1) is 10.4. The second-order valence-electron chi connectivity index (χ2n) is 2.55. The maximum absolute atomic E-state index is 3.31. The van der Waals surface area contributed by atoms with Crippen LogP contribution in [0, 0.1) is 12.0 Å². The van der Waals surface area contributed by atoms with Crippen molar-refractivity contribution < 1.29 is 26.2 Å². The van der Waals surface area contributed by atoms with E-state index in [4.69, 9.17) is 0 Å². The fourth-order valence-electron chi connectivity index (χ4n) is 0.980. The third-order valence-electron chi connectivity index (χ3n) is 1.86. The molecule has 0 heterocycles. The number of hydrogen-bond acceptors (Lipinski definition) is 0. The molecule has 1 aliphatic carbocycles. The number of allylic oxidation sites excluding steroid dienone is 4. The molecular weight excluding hydrogens is 199 g/mol. The van der Waals surface area contributed by atoms with Gasteiger partial charge in [0.15, 0.2) is 0 Å². The normalized spacial score (nSPS) is 18.0. The van der Waals surface area contributed by atoms with E-state index >= 15 is 0 Å². The molecule has 0 saturated carbocycles. The average molecular weight is 212 g/mol. The Balaban J connectivity index is 0.000000810. The van der Waals surface area contributed by atoms with Crippen molar-refractivity contribution in [2.24, 2.45) is 5.92 Å². The van der Waals surface area contributed by atoms with Gasteiger partial charge in [0.1, 0.15) is 0 Å². The number of hydrogen-bond donors (Lipinski definition) is 0. The first-order valence-corrected chi connectivity index (χ1v) is 3.62. The van der Waals surface area contributed by atoms with Crippen LogP contribution in [-0.2, 0) is 26.2 Å². The van der Waals surface area contributed by atoms with Crippen molar-refractivity contribution in [1.82, 2.24) is 0 Å². The molecule has 0 aliphatic heterocycles. The van der Waals surface area contributed by atoms with Gasteiger partial charge in [-0.15, -0.1) is 6.42 Å². The van der Waals surface area contributed by atoms with Crippen molar-refractivity contribution in [1.29, 1.82) is 0 Å². The molecule has 0 aromatic heterocycles. The monoisotopic (exact) mass is 211 g/mol. The predicted molar refractivity (Wildman–Crippen MR) is 40.0 cm³/mol. The van der Waals surface area contributed by atoms with Crippen molar-refractivity contribution in [3.05, 3.63) is 23.8 Å². The summed E-state index contributed by atoms with van der Waals surface area (Å²) < 4.78 is 0. The summed E-state index contributed by atoms with van der Waals surface area (Å²) in [5.41, 5.74) is 1.40. The first-order chi connectivity index (χ1) is 4.34. The molecule has 1 unspecified atom stereocenters. The van der Waals surface area contributed by atoms with Gasteiger partial charge in [-0.1, -0.05) is 26.2 Å². The molecule has 10 heavy (non-hydrogen) atoms. The Morgan fingerprint density at radius 2 is 2.40 bits per heavy atom. The van der Waals surface area contributed by atoms with Crippen LogP contribution in [0.4, 0.5) is 0 Å². The maximum Gasteiger partial charge on any atom is 0 e. The molecule has 0 N–H and O–H groups in total. The minimum atomic E-state index is 0. The second-order valence-corrected chi connectivity index (χ2v) is 2.55. The molecule has 0 saturated heterocycles. The van der Waals surface area contributed by atoms with Crippen LogP contribution in [0.3, 0.4) is 0 Å². The van der Waals surface area contributed by atoms with E-state index in [-0.39, 0.29) is 26.2 Å². The molecule has 1 aliphatic rings. The van der Waals surface area contributed by atoms with Crippen LogP contribution in [-0.4, -0.2) is 0 Å². The van der Waals surface area contributed by atoms with Gasteiger partial charge < -0.3 is 0 Å². The summed E-state index contributed by atoms with van der Waals surface area (Å²) in [6.45, 7) is 4.46. The van der Waals surface area contributed by atoms with Gasteiger partial charge >= 0.3 is 0 Å². The van der Waals surface area contributed by atoms with Crippen molar-refractivity contribution in [2.75, 3.05) is 0 Å². The third-order valence-corrected chi connectivity index (χ3v) is 1.86. The van der Waals surface area contributed by atoms with E-state index in [0.29, 0.717) is 5.92 Å². The van der Waals surface area contributed by atoms with E-state index in [0.717, 1.165) is 6.42 Å². The van der Waals surface area contributed by atoms with Gasteiger partial charge in [0.05, 0.1) is 0 Å². The maximum atomic E-state index is 3.31. The molecule has 1 heteroatoms. The Hall–Kier alpha value is 0.363. The van der Waals surface area contributed by atoms with E-state index in [9.17, 15) is 0 Å². The van der Waals surface area contributed by atoms with E-state index in [1.54, 1.807) is 0 Å².